The molecule has 1 aliphatic rings. The fourth-order valence-corrected chi connectivity index (χ4v) is 4.38. The van der Waals surface area contributed by atoms with E-state index >= 15 is 0 Å². The quantitative estimate of drug-likeness (QED) is 0.572. The SMILES string of the molecule is Cl.FC(F)(F)c1ccc([C@H](c2ccc(Cl)s2)N2CCNCC2)c(C(F)(F)F)c1. The standard InChI is InChI=1S/C17H15ClF6N2S.ClH/c18-14-4-3-13(27-14)15(26-7-5-25-6-8-26)11-2-1-10(16(19,20)21)9-12(11)17(22,23)24;/h1-4,9,15,25H,5-8H2;1H/t15-;/m1./s1. The number of hydrogen-bond donors (Lipinski definition) is 1. The highest BCUT2D eigenvalue weighted by molar-refractivity contribution is 7.16. The topological polar surface area (TPSA) is 15.3 Å². The normalized spacial score (nSPS) is 17.2. The lowest BCUT2D eigenvalue weighted by Gasteiger charge is -2.36. The minimum atomic E-state index is -4.91. The predicted molar refractivity (Wildman–Crippen MR) is 99.3 cm³/mol. The first-order valence-electron chi connectivity index (χ1n) is 8.05. The molecule has 1 fully saturated rings. The van der Waals surface area contributed by atoms with Crippen LogP contribution in [0.15, 0.2) is 30.3 Å². The van der Waals surface area contributed by atoms with Crippen molar-refractivity contribution < 1.29 is 26.3 Å². The van der Waals surface area contributed by atoms with Gasteiger partial charge in [-0.05, 0) is 29.8 Å². The van der Waals surface area contributed by atoms with Gasteiger partial charge in [-0.3, -0.25) is 4.90 Å². The average Bonchev–Trinajstić information content (AvgIpc) is 3.00. The molecule has 1 N–H and O–H groups in total. The first-order valence-corrected chi connectivity index (χ1v) is 9.25. The Bertz CT molecular complexity index is 800. The van der Waals surface area contributed by atoms with Gasteiger partial charge in [-0.15, -0.1) is 23.7 Å². The second-order valence-corrected chi connectivity index (χ2v) is 7.87. The second kappa shape index (κ2) is 8.79. The minimum absolute atomic E-state index is 0. The van der Waals surface area contributed by atoms with E-state index in [0.717, 1.165) is 17.4 Å². The summed E-state index contributed by atoms with van der Waals surface area (Å²) in [6.07, 6.45) is -9.76. The Morgan fingerprint density at radius 1 is 0.964 bits per heavy atom. The van der Waals surface area contributed by atoms with Gasteiger partial charge in [-0.2, -0.15) is 26.3 Å². The van der Waals surface area contributed by atoms with Crippen LogP contribution in [0.1, 0.15) is 27.6 Å². The zero-order chi connectivity index (χ0) is 19.8. The number of thiophene rings is 1. The van der Waals surface area contributed by atoms with E-state index in [9.17, 15) is 26.3 Å². The Kier molecular flexibility index (Phi) is 7.31. The van der Waals surface area contributed by atoms with Crippen LogP contribution in [-0.4, -0.2) is 31.1 Å². The maximum atomic E-state index is 13.6. The highest BCUT2D eigenvalue weighted by atomic mass is 35.5. The third-order valence-electron chi connectivity index (χ3n) is 4.36. The Hall–Kier alpha value is -1.00. The Morgan fingerprint density at radius 3 is 2.11 bits per heavy atom. The van der Waals surface area contributed by atoms with E-state index < -0.39 is 29.5 Å². The minimum Gasteiger partial charge on any atom is -0.314 e. The van der Waals surface area contributed by atoms with Gasteiger partial charge in [-0.1, -0.05) is 17.7 Å². The molecule has 1 atom stereocenters. The van der Waals surface area contributed by atoms with Crippen molar-refractivity contribution in [2.24, 2.45) is 0 Å². The van der Waals surface area contributed by atoms with Gasteiger partial charge >= 0.3 is 12.4 Å². The summed E-state index contributed by atoms with van der Waals surface area (Å²) in [4.78, 5) is 2.39. The van der Waals surface area contributed by atoms with Crippen LogP contribution in [0.5, 0.6) is 0 Å². The highest BCUT2D eigenvalue weighted by Crippen LogP contribution is 2.43. The monoisotopic (exact) mass is 464 g/mol. The van der Waals surface area contributed by atoms with Crippen LogP contribution >= 0.6 is 35.3 Å². The van der Waals surface area contributed by atoms with Crippen LogP contribution in [-0.2, 0) is 12.4 Å². The molecule has 28 heavy (non-hydrogen) atoms. The van der Waals surface area contributed by atoms with Gasteiger partial charge in [0, 0.05) is 31.1 Å². The van der Waals surface area contributed by atoms with Gasteiger partial charge in [0.15, 0.2) is 0 Å². The van der Waals surface area contributed by atoms with Crippen LogP contribution in [0.4, 0.5) is 26.3 Å². The van der Waals surface area contributed by atoms with E-state index in [2.05, 4.69) is 5.32 Å². The number of alkyl halides is 6. The molecule has 1 aliphatic heterocycles. The van der Waals surface area contributed by atoms with Crippen molar-refractivity contribution in [1.29, 1.82) is 0 Å². The van der Waals surface area contributed by atoms with Crippen LogP contribution in [0, 0.1) is 0 Å². The Labute approximate surface area is 172 Å². The molecule has 2 heterocycles. The number of nitrogens with zero attached hydrogens (tertiary/aromatic N) is 1. The molecular formula is C17H16Cl2F6N2S. The molecule has 0 spiro atoms. The number of rotatable bonds is 3. The predicted octanol–water partition coefficient (Wildman–Crippen LogP) is 5.86. The molecule has 2 nitrogen and oxygen atoms in total. The summed E-state index contributed by atoms with van der Waals surface area (Å²) in [7, 11) is 0. The molecule has 0 radical (unpaired) electrons. The van der Waals surface area contributed by atoms with Gasteiger partial charge < -0.3 is 5.32 Å². The second-order valence-electron chi connectivity index (χ2n) is 6.13. The van der Waals surface area contributed by atoms with Crippen molar-refractivity contribution in [3.05, 3.63) is 56.2 Å². The zero-order valence-electron chi connectivity index (χ0n) is 14.2. The molecule has 0 bridgehead atoms. The number of nitrogens with one attached hydrogen (secondary N) is 1. The number of halogens is 8. The van der Waals surface area contributed by atoms with Gasteiger partial charge in [0.2, 0.25) is 0 Å². The van der Waals surface area contributed by atoms with E-state index in [1.165, 1.54) is 0 Å². The summed E-state index contributed by atoms with van der Waals surface area (Å²) < 4.78 is 80.2. The summed E-state index contributed by atoms with van der Waals surface area (Å²) in [5, 5.41) is 3.12. The summed E-state index contributed by atoms with van der Waals surface area (Å²) >= 11 is 7.09. The first kappa shape index (κ1) is 23.3. The first-order chi connectivity index (χ1) is 12.6. The van der Waals surface area contributed by atoms with Crippen molar-refractivity contribution >= 4 is 35.3 Å². The molecule has 156 valence electrons. The van der Waals surface area contributed by atoms with E-state index in [-0.39, 0.29) is 24.0 Å². The smallest absolute Gasteiger partial charge is 0.314 e. The van der Waals surface area contributed by atoms with Crippen LogP contribution in [0.3, 0.4) is 0 Å². The highest BCUT2D eigenvalue weighted by Gasteiger charge is 2.41. The van der Waals surface area contributed by atoms with E-state index in [4.69, 9.17) is 11.6 Å². The lowest BCUT2D eigenvalue weighted by Crippen LogP contribution is -2.45. The summed E-state index contributed by atoms with van der Waals surface area (Å²) in [6, 6.07) is 4.22. The number of piperazine rings is 1. The molecule has 0 aliphatic carbocycles. The van der Waals surface area contributed by atoms with Crippen LogP contribution in [0.2, 0.25) is 4.34 Å². The third kappa shape index (κ3) is 5.13. The summed E-state index contributed by atoms with van der Waals surface area (Å²) in [6.45, 7) is 2.10. The molecule has 2 aromatic rings. The molecular weight excluding hydrogens is 449 g/mol. The fraction of sp³-hybridized carbons (Fsp3) is 0.412. The largest absolute Gasteiger partial charge is 0.416 e. The molecule has 1 saturated heterocycles. The van der Waals surface area contributed by atoms with Crippen molar-refractivity contribution in [1.82, 2.24) is 10.2 Å². The summed E-state index contributed by atoms with van der Waals surface area (Å²) in [5.41, 5.74) is -2.79. The third-order valence-corrected chi connectivity index (χ3v) is 5.64. The molecule has 1 aromatic heterocycles. The average molecular weight is 465 g/mol. The van der Waals surface area contributed by atoms with Gasteiger partial charge in [0.25, 0.3) is 0 Å². The maximum Gasteiger partial charge on any atom is 0.416 e. The lowest BCUT2D eigenvalue weighted by atomic mass is 9.94. The molecule has 1 aromatic carbocycles. The molecule has 11 heteroatoms. The van der Waals surface area contributed by atoms with Gasteiger partial charge in [-0.25, -0.2) is 0 Å². The number of benzene rings is 1. The zero-order valence-corrected chi connectivity index (χ0v) is 16.6. The fourth-order valence-electron chi connectivity index (χ4n) is 3.16. The van der Waals surface area contributed by atoms with Crippen molar-refractivity contribution in [2.45, 2.75) is 18.4 Å². The Morgan fingerprint density at radius 2 is 1.61 bits per heavy atom. The van der Waals surface area contributed by atoms with E-state index in [1.54, 1.807) is 12.1 Å². The lowest BCUT2D eigenvalue weighted by molar-refractivity contribution is -0.143. The van der Waals surface area contributed by atoms with Gasteiger partial charge in [0.05, 0.1) is 21.5 Å². The van der Waals surface area contributed by atoms with Crippen molar-refractivity contribution in [3.63, 3.8) is 0 Å². The van der Waals surface area contributed by atoms with E-state index in [0.29, 0.717) is 41.5 Å². The van der Waals surface area contributed by atoms with Crippen molar-refractivity contribution in [3.8, 4) is 0 Å². The van der Waals surface area contributed by atoms with Crippen LogP contribution in [0.25, 0.3) is 0 Å². The molecule has 3 rings (SSSR count). The molecule has 0 amide bonds. The molecule has 0 unspecified atom stereocenters. The molecule has 0 saturated carbocycles. The van der Waals surface area contributed by atoms with Crippen LogP contribution < -0.4 is 5.32 Å². The maximum absolute atomic E-state index is 13.6. The van der Waals surface area contributed by atoms with Crippen molar-refractivity contribution in [2.75, 3.05) is 26.2 Å². The van der Waals surface area contributed by atoms with E-state index in [1.807, 2.05) is 4.90 Å². The number of hydrogen-bond acceptors (Lipinski definition) is 3. The summed E-state index contributed by atoms with van der Waals surface area (Å²) in [5.74, 6) is 0. The Balaban J connectivity index is 0.00000280. The van der Waals surface area contributed by atoms with Gasteiger partial charge in [0.1, 0.15) is 0 Å².